The van der Waals surface area contributed by atoms with Gasteiger partial charge in [0, 0.05) is 31.2 Å². The molecule has 0 saturated carbocycles. The molecule has 0 bridgehead atoms. The lowest BCUT2D eigenvalue weighted by molar-refractivity contribution is -0.131. The third kappa shape index (κ3) is 3.87. The van der Waals surface area contributed by atoms with Gasteiger partial charge in [0.15, 0.2) is 0 Å². The molecule has 17 heavy (non-hydrogen) atoms. The highest BCUT2D eigenvalue weighted by Crippen LogP contribution is 2.16. The van der Waals surface area contributed by atoms with Crippen LogP contribution in [0.5, 0.6) is 0 Å². The molecular formula is C12H16Cl2N2O. The van der Waals surface area contributed by atoms with E-state index in [0.29, 0.717) is 11.4 Å². The third-order valence-corrected chi connectivity index (χ3v) is 3.14. The Kier molecular flexibility index (Phi) is 5.75. The maximum Gasteiger partial charge on any atom is 0.227 e. The van der Waals surface area contributed by atoms with Crippen molar-refractivity contribution in [1.82, 2.24) is 10.2 Å². The lowest BCUT2D eigenvalue weighted by Crippen LogP contribution is -2.46. The minimum atomic E-state index is 0. The SMILES string of the molecule is Cl.O=C(Cc1ccccc1Cl)N1CCNCC1. The van der Waals surface area contributed by atoms with Crippen LogP contribution in [0.25, 0.3) is 0 Å². The molecular weight excluding hydrogens is 259 g/mol. The molecule has 1 aromatic carbocycles. The second kappa shape index (κ2) is 6.84. The van der Waals surface area contributed by atoms with E-state index in [-0.39, 0.29) is 18.3 Å². The molecule has 1 fully saturated rings. The van der Waals surface area contributed by atoms with E-state index in [9.17, 15) is 4.79 Å². The van der Waals surface area contributed by atoms with Gasteiger partial charge in [0.05, 0.1) is 6.42 Å². The Morgan fingerprint density at radius 3 is 2.59 bits per heavy atom. The van der Waals surface area contributed by atoms with E-state index < -0.39 is 0 Å². The number of hydrogen-bond acceptors (Lipinski definition) is 2. The number of rotatable bonds is 2. The first-order chi connectivity index (χ1) is 7.77. The normalized spacial score (nSPS) is 15.2. The molecule has 0 aliphatic carbocycles. The van der Waals surface area contributed by atoms with E-state index in [1.54, 1.807) is 0 Å². The molecule has 0 atom stereocenters. The lowest BCUT2D eigenvalue weighted by atomic mass is 10.1. The van der Waals surface area contributed by atoms with E-state index in [1.165, 1.54) is 0 Å². The van der Waals surface area contributed by atoms with Gasteiger partial charge >= 0.3 is 0 Å². The maximum atomic E-state index is 12.0. The van der Waals surface area contributed by atoms with E-state index in [0.717, 1.165) is 31.7 Å². The number of nitrogens with one attached hydrogen (secondary N) is 1. The van der Waals surface area contributed by atoms with Crippen molar-refractivity contribution < 1.29 is 4.79 Å². The number of piperazine rings is 1. The largest absolute Gasteiger partial charge is 0.340 e. The van der Waals surface area contributed by atoms with Crippen LogP contribution in [0.2, 0.25) is 5.02 Å². The van der Waals surface area contributed by atoms with Crippen molar-refractivity contribution in [3.05, 3.63) is 34.9 Å². The van der Waals surface area contributed by atoms with Gasteiger partial charge in [-0.1, -0.05) is 29.8 Å². The van der Waals surface area contributed by atoms with E-state index in [1.807, 2.05) is 29.2 Å². The van der Waals surface area contributed by atoms with Crippen LogP contribution in [0.4, 0.5) is 0 Å². The van der Waals surface area contributed by atoms with E-state index in [2.05, 4.69) is 5.32 Å². The molecule has 3 nitrogen and oxygen atoms in total. The molecule has 1 aliphatic rings. The zero-order chi connectivity index (χ0) is 11.4. The Hall–Kier alpha value is -0.770. The number of amides is 1. The van der Waals surface area contributed by atoms with Crippen molar-refractivity contribution in [2.45, 2.75) is 6.42 Å². The van der Waals surface area contributed by atoms with Crippen molar-refractivity contribution in [2.75, 3.05) is 26.2 Å². The van der Waals surface area contributed by atoms with Crippen LogP contribution in [0, 0.1) is 0 Å². The van der Waals surface area contributed by atoms with Gasteiger partial charge in [-0.15, -0.1) is 12.4 Å². The summed E-state index contributed by atoms with van der Waals surface area (Å²) in [6.45, 7) is 3.36. The molecule has 0 spiro atoms. The smallest absolute Gasteiger partial charge is 0.227 e. The summed E-state index contributed by atoms with van der Waals surface area (Å²) in [6.07, 6.45) is 0.402. The van der Waals surface area contributed by atoms with E-state index in [4.69, 9.17) is 11.6 Å². The van der Waals surface area contributed by atoms with Crippen LogP contribution in [0.3, 0.4) is 0 Å². The fourth-order valence-corrected chi connectivity index (χ4v) is 2.03. The lowest BCUT2D eigenvalue weighted by Gasteiger charge is -2.27. The maximum absolute atomic E-state index is 12.0. The highest BCUT2D eigenvalue weighted by Gasteiger charge is 2.16. The Labute approximate surface area is 113 Å². The summed E-state index contributed by atoms with van der Waals surface area (Å²) in [6, 6.07) is 7.51. The van der Waals surface area contributed by atoms with Crippen LogP contribution in [0.1, 0.15) is 5.56 Å². The van der Waals surface area contributed by atoms with Gasteiger partial charge in [-0.3, -0.25) is 4.79 Å². The summed E-state index contributed by atoms with van der Waals surface area (Å²) >= 11 is 6.02. The third-order valence-electron chi connectivity index (χ3n) is 2.77. The molecule has 0 unspecified atom stereocenters. The highest BCUT2D eigenvalue weighted by atomic mass is 35.5. The minimum Gasteiger partial charge on any atom is -0.340 e. The average Bonchev–Trinajstić information content (AvgIpc) is 2.33. The highest BCUT2D eigenvalue weighted by molar-refractivity contribution is 6.31. The topological polar surface area (TPSA) is 32.3 Å². The van der Waals surface area contributed by atoms with Crippen LogP contribution < -0.4 is 5.32 Å². The molecule has 2 rings (SSSR count). The molecule has 1 amide bonds. The first-order valence-corrected chi connectivity index (χ1v) is 5.87. The first kappa shape index (κ1) is 14.3. The summed E-state index contributed by atoms with van der Waals surface area (Å²) in [5.74, 6) is 0.162. The summed E-state index contributed by atoms with van der Waals surface area (Å²) < 4.78 is 0. The van der Waals surface area contributed by atoms with Crippen molar-refractivity contribution in [3.63, 3.8) is 0 Å². The average molecular weight is 275 g/mol. The fourth-order valence-electron chi connectivity index (χ4n) is 1.83. The van der Waals surface area contributed by atoms with Gasteiger partial charge in [-0.05, 0) is 11.6 Å². The quantitative estimate of drug-likeness (QED) is 0.891. The Morgan fingerprint density at radius 2 is 1.94 bits per heavy atom. The van der Waals surface area contributed by atoms with Gasteiger partial charge in [-0.25, -0.2) is 0 Å². The Balaban J connectivity index is 0.00000144. The second-order valence-corrected chi connectivity index (χ2v) is 4.31. The second-order valence-electron chi connectivity index (χ2n) is 3.90. The summed E-state index contributed by atoms with van der Waals surface area (Å²) in [7, 11) is 0. The predicted octanol–water partition coefficient (Wildman–Crippen LogP) is 1.74. The van der Waals surface area contributed by atoms with Gasteiger partial charge < -0.3 is 10.2 Å². The number of benzene rings is 1. The van der Waals surface area contributed by atoms with E-state index >= 15 is 0 Å². The minimum absolute atomic E-state index is 0. The molecule has 5 heteroatoms. The zero-order valence-corrected chi connectivity index (χ0v) is 11.1. The van der Waals surface area contributed by atoms with Gasteiger partial charge in [-0.2, -0.15) is 0 Å². The molecule has 1 heterocycles. The number of nitrogens with zero attached hydrogens (tertiary/aromatic N) is 1. The van der Waals surface area contributed by atoms with Gasteiger partial charge in [0.1, 0.15) is 0 Å². The monoisotopic (exact) mass is 274 g/mol. The van der Waals surface area contributed by atoms with Crippen molar-refractivity contribution in [2.24, 2.45) is 0 Å². The van der Waals surface area contributed by atoms with Gasteiger partial charge in [0.25, 0.3) is 0 Å². The van der Waals surface area contributed by atoms with Crippen LogP contribution in [0.15, 0.2) is 24.3 Å². The number of halogens is 2. The number of carbonyl (C=O) groups excluding carboxylic acids is 1. The standard InChI is InChI=1S/C12H15ClN2O.ClH/c13-11-4-2-1-3-10(11)9-12(16)15-7-5-14-6-8-15;/h1-4,14H,5-9H2;1H. The van der Waals surface area contributed by atoms with Crippen molar-refractivity contribution in [1.29, 1.82) is 0 Å². The predicted molar refractivity (Wildman–Crippen MR) is 71.9 cm³/mol. The van der Waals surface area contributed by atoms with Crippen molar-refractivity contribution >= 4 is 29.9 Å². The Morgan fingerprint density at radius 1 is 1.29 bits per heavy atom. The molecule has 1 saturated heterocycles. The van der Waals surface area contributed by atoms with Gasteiger partial charge in [0.2, 0.25) is 5.91 Å². The van der Waals surface area contributed by atoms with Crippen LogP contribution in [-0.2, 0) is 11.2 Å². The number of hydrogen-bond donors (Lipinski definition) is 1. The molecule has 1 aromatic rings. The van der Waals surface area contributed by atoms with Crippen LogP contribution >= 0.6 is 24.0 Å². The zero-order valence-electron chi connectivity index (χ0n) is 9.49. The number of carbonyl (C=O) groups is 1. The summed E-state index contributed by atoms with van der Waals surface area (Å²) in [5, 5.41) is 3.90. The molecule has 0 aromatic heterocycles. The summed E-state index contributed by atoms with van der Waals surface area (Å²) in [5.41, 5.74) is 0.910. The van der Waals surface area contributed by atoms with Crippen molar-refractivity contribution in [3.8, 4) is 0 Å². The molecule has 1 N–H and O–H groups in total. The fraction of sp³-hybridized carbons (Fsp3) is 0.417. The Bertz CT molecular complexity index is 379. The molecule has 94 valence electrons. The summed E-state index contributed by atoms with van der Waals surface area (Å²) in [4.78, 5) is 13.8. The first-order valence-electron chi connectivity index (χ1n) is 5.49. The molecule has 0 radical (unpaired) electrons. The molecule has 1 aliphatic heterocycles. The van der Waals surface area contributed by atoms with Crippen LogP contribution in [-0.4, -0.2) is 37.0 Å².